The van der Waals surface area contributed by atoms with Crippen LogP contribution in [0.1, 0.15) is 10.4 Å². The van der Waals surface area contributed by atoms with Crippen LogP contribution < -0.4 is 5.32 Å². The highest BCUT2D eigenvalue weighted by Crippen LogP contribution is 2.22. The van der Waals surface area contributed by atoms with Crippen molar-refractivity contribution in [2.75, 3.05) is 5.32 Å². The van der Waals surface area contributed by atoms with Crippen LogP contribution >= 0.6 is 0 Å². The van der Waals surface area contributed by atoms with Gasteiger partial charge in [0.25, 0.3) is 5.91 Å². The van der Waals surface area contributed by atoms with Gasteiger partial charge in [0.15, 0.2) is 0 Å². The van der Waals surface area contributed by atoms with E-state index in [1.54, 1.807) is 18.2 Å². The Kier molecular flexibility index (Phi) is 3.70. The summed E-state index contributed by atoms with van der Waals surface area (Å²) >= 11 is 0. The number of carbonyl (C=O) groups excluding carboxylic acids is 1. The van der Waals surface area contributed by atoms with E-state index < -0.39 is 5.82 Å². The van der Waals surface area contributed by atoms with Gasteiger partial charge in [0.1, 0.15) is 5.82 Å². The third kappa shape index (κ3) is 2.97. The van der Waals surface area contributed by atoms with Crippen molar-refractivity contribution in [1.82, 2.24) is 10.2 Å². The van der Waals surface area contributed by atoms with E-state index in [0.29, 0.717) is 11.1 Å². The van der Waals surface area contributed by atoms with Gasteiger partial charge >= 0.3 is 6.01 Å². The number of halogens is 1. The molecule has 0 radical (unpaired) electrons. The molecule has 0 aliphatic rings. The van der Waals surface area contributed by atoms with E-state index in [1.807, 2.05) is 36.4 Å². The maximum atomic E-state index is 13.3. The maximum absolute atomic E-state index is 13.3. The Hall–Kier alpha value is -3.54. The van der Waals surface area contributed by atoms with E-state index in [0.717, 1.165) is 10.8 Å². The summed E-state index contributed by atoms with van der Waals surface area (Å²) in [6, 6.07) is 18.8. The van der Waals surface area contributed by atoms with Gasteiger partial charge in [-0.3, -0.25) is 10.1 Å². The van der Waals surface area contributed by atoms with Gasteiger partial charge in [-0.1, -0.05) is 47.6 Å². The molecule has 0 saturated heterocycles. The van der Waals surface area contributed by atoms with Crippen molar-refractivity contribution >= 4 is 22.7 Å². The number of carbonyl (C=O) groups is 1. The van der Waals surface area contributed by atoms with Crippen molar-refractivity contribution in [3.05, 3.63) is 78.1 Å². The van der Waals surface area contributed by atoms with Crippen LogP contribution in [0.2, 0.25) is 0 Å². The highest BCUT2D eigenvalue weighted by Gasteiger charge is 2.15. The van der Waals surface area contributed by atoms with E-state index in [4.69, 9.17) is 4.42 Å². The van der Waals surface area contributed by atoms with Crippen LogP contribution in [0.15, 0.2) is 71.1 Å². The summed E-state index contributed by atoms with van der Waals surface area (Å²) in [6.45, 7) is 0. The summed E-state index contributed by atoms with van der Waals surface area (Å²) in [5.74, 6) is -0.629. The number of rotatable bonds is 3. The van der Waals surface area contributed by atoms with Crippen LogP contribution in [0.5, 0.6) is 0 Å². The van der Waals surface area contributed by atoms with Gasteiger partial charge in [-0.05, 0) is 35.0 Å². The molecule has 0 unspecified atom stereocenters. The fourth-order valence-corrected chi connectivity index (χ4v) is 2.60. The minimum Gasteiger partial charge on any atom is -0.403 e. The second kappa shape index (κ2) is 6.16. The first-order valence-electron chi connectivity index (χ1n) is 7.59. The summed E-state index contributed by atoms with van der Waals surface area (Å²) in [6.07, 6.45) is 0. The maximum Gasteiger partial charge on any atom is 0.322 e. The Morgan fingerprint density at radius 3 is 2.64 bits per heavy atom. The zero-order valence-electron chi connectivity index (χ0n) is 12.9. The first-order valence-corrected chi connectivity index (χ1v) is 7.59. The van der Waals surface area contributed by atoms with Crippen molar-refractivity contribution in [3.8, 4) is 11.5 Å². The molecule has 4 aromatic rings. The van der Waals surface area contributed by atoms with Crippen molar-refractivity contribution in [2.45, 2.75) is 0 Å². The van der Waals surface area contributed by atoms with E-state index >= 15 is 0 Å². The molecule has 0 spiro atoms. The molecule has 1 amide bonds. The molecule has 1 aromatic heterocycles. The third-order valence-corrected chi connectivity index (χ3v) is 3.75. The summed E-state index contributed by atoms with van der Waals surface area (Å²) < 4.78 is 18.7. The van der Waals surface area contributed by atoms with Gasteiger partial charge in [-0.15, -0.1) is 5.10 Å². The van der Waals surface area contributed by atoms with Crippen molar-refractivity contribution in [1.29, 1.82) is 0 Å². The largest absolute Gasteiger partial charge is 0.403 e. The van der Waals surface area contributed by atoms with Gasteiger partial charge in [0.05, 0.1) is 0 Å². The number of fused-ring (bicyclic) bond motifs is 1. The minimum absolute atomic E-state index is 0.0443. The summed E-state index contributed by atoms with van der Waals surface area (Å²) in [7, 11) is 0. The van der Waals surface area contributed by atoms with Gasteiger partial charge in [0.2, 0.25) is 5.89 Å². The summed E-state index contributed by atoms with van der Waals surface area (Å²) in [4.78, 5) is 12.5. The minimum atomic E-state index is -0.406. The third-order valence-electron chi connectivity index (χ3n) is 3.75. The van der Waals surface area contributed by atoms with Crippen LogP contribution in [-0.2, 0) is 0 Å². The molecule has 0 aliphatic heterocycles. The number of hydrogen-bond donors (Lipinski definition) is 1. The Bertz CT molecular complexity index is 1070. The van der Waals surface area contributed by atoms with E-state index in [1.165, 1.54) is 12.1 Å². The monoisotopic (exact) mass is 333 g/mol. The molecule has 6 heteroatoms. The Morgan fingerprint density at radius 1 is 0.960 bits per heavy atom. The van der Waals surface area contributed by atoms with Gasteiger partial charge < -0.3 is 4.42 Å². The SMILES string of the molecule is O=C(Nc1nnc(-c2cccc(F)c2)o1)c1cccc2ccccc12. The quantitative estimate of drug-likeness (QED) is 0.607. The molecule has 1 N–H and O–H groups in total. The molecule has 4 rings (SSSR count). The van der Waals surface area contributed by atoms with Crippen LogP contribution in [0.3, 0.4) is 0 Å². The number of anilines is 1. The van der Waals surface area contributed by atoms with Crippen molar-refractivity contribution in [2.24, 2.45) is 0 Å². The molecule has 3 aromatic carbocycles. The molecule has 5 nitrogen and oxygen atoms in total. The van der Waals surface area contributed by atoms with Crippen LogP contribution in [0, 0.1) is 5.82 Å². The summed E-state index contributed by atoms with van der Waals surface area (Å²) in [5, 5.41) is 12.0. The zero-order valence-corrected chi connectivity index (χ0v) is 12.9. The number of nitrogens with zero attached hydrogens (tertiary/aromatic N) is 2. The average molecular weight is 333 g/mol. The number of amides is 1. The molecule has 0 saturated carbocycles. The zero-order chi connectivity index (χ0) is 17.2. The smallest absolute Gasteiger partial charge is 0.322 e. The van der Waals surface area contributed by atoms with Crippen LogP contribution in [0.25, 0.3) is 22.2 Å². The number of aromatic nitrogens is 2. The normalized spacial score (nSPS) is 10.8. The predicted octanol–water partition coefficient (Wildman–Crippen LogP) is 4.28. The lowest BCUT2D eigenvalue weighted by Gasteiger charge is -2.05. The molecule has 1 heterocycles. The lowest BCUT2D eigenvalue weighted by Crippen LogP contribution is -2.12. The highest BCUT2D eigenvalue weighted by molar-refractivity contribution is 6.12. The fraction of sp³-hybridized carbons (Fsp3) is 0. The average Bonchev–Trinajstić information content (AvgIpc) is 3.10. The van der Waals surface area contributed by atoms with Crippen LogP contribution in [-0.4, -0.2) is 16.1 Å². The molecule has 0 bridgehead atoms. The van der Waals surface area contributed by atoms with E-state index in [9.17, 15) is 9.18 Å². The van der Waals surface area contributed by atoms with Gasteiger partial charge in [0, 0.05) is 11.1 Å². The van der Waals surface area contributed by atoms with Crippen LogP contribution in [0.4, 0.5) is 10.4 Å². The lowest BCUT2D eigenvalue weighted by atomic mass is 10.0. The molecule has 25 heavy (non-hydrogen) atoms. The molecular weight excluding hydrogens is 321 g/mol. The van der Waals surface area contributed by atoms with Crippen molar-refractivity contribution in [3.63, 3.8) is 0 Å². The summed E-state index contributed by atoms with van der Waals surface area (Å²) in [5.41, 5.74) is 0.946. The number of nitrogens with one attached hydrogen (secondary N) is 1. The highest BCUT2D eigenvalue weighted by atomic mass is 19.1. The topological polar surface area (TPSA) is 68.0 Å². The van der Waals surface area contributed by atoms with E-state index in [2.05, 4.69) is 15.5 Å². The second-order valence-electron chi connectivity index (χ2n) is 5.40. The molecule has 0 fully saturated rings. The standard InChI is InChI=1S/C19H12FN3O2/c20-14-8-3-7-13(11-14)18-22-23-19(25-18)21-17(24)16-10-4-6-12-5-1-2-9-15(12)16/h1-11H,(H,21,23,24). The van der Waals surface area contributed by atoms with E-state index in [-0.39, 0.29) is 17.8 Å². The lowest BCUT2D eigenvalue weighted by molar-refractivity contribution is 0.102. The van der Waals surface area contributed by atoms with Crippen molar-refractivity contribution < 1.29 is 13.6 Å². The van der Waals surface area contributed by atoms with Gasteiger partial charge in [-0.2, -0.15) is 0 Å². The molecule has 122 valence electrons. The molecule has 0 aliphatic carbocycles. The molecular formula is C19H12FN3O2. The molecule has 0 atom stereocenters. The fourth-order valence-electron chi connectivity index (χ4n) is 2.60. The predicted molar refractivity (Wildman–Crippen MR) is 91.6 cm³/mol. The first-order chi connectivity index (χ1) is 12.2. The Morgan fingerprint density at radius 2 is 1.76 bits per heavy atom. The Balaban J connectivity index is 1.61. The second-order valence-corrected chi connectivity index (χ2v) is 5.40. The number of hydrogen-bond acceptors (Lipinski definition) is 4. The first kappa shape index (κ1) is 15.0. The Labute approximate surface area is 142 Å². The number of benzene rings is 3. The van der Waals surface area contributed by atoms with Gasteiger partial charge in [-0.25, -0.2) is 4.39 Å².